The first-order valence-corrected chi connectivity index (χ1v) is 8.71. The van der Waals surface area contributed by atoms with Crippen LogP contribution >= 0.6 is 11.6 Å². The Kier molecular flexibility index (Phi) is 4.06. The van der Waals surface area contributed by atoms with Crippen molar-refractivity contribution < 1.29 is 13.2 Å². The molecule has 3 heterocycles. The van der Waals surface area contributed by atoms with E-state index in [2.05, 4.69) is 15.0 Å². The number of alkyl halides is 3. The van der Waals surface area contributed by atoms with Crippen molar-refractivity contribution in [2.24, 2.45) is 0 Å². The SMILES string of the molecule is Cc1cc(N2CCCC2)n2nc(C(F)(F)F)c(-c3ccc(Cl)cc3)c2n1. The van der Waals surface area contributed by atoms with Crippen LogP contribution in [0.3, 0.4) is 0 Å². The number of benzene rings is 1. The fraction of sp³-hybridized carbons (Fsp3) is 0.333. The molecule has 136 valence electrons. The van der Waals surface area contributed by atoms with E-state index in [0.29, 0.717) is 22.1 Å². The monoisotopic (exact) mass is 380 g/mol. The van der Waals surface area contributed by atoms with E-state index < -0.39 is 11.9 Å². The summed E-state index contributed by atoms with van der Waals surface area (Å²) in [7, 11) is 0. The molecule has 1 aromatic carbocycles. The number of hydrogen-bond donors (Lipinski definition) is 0. The van der Waals surface area contributed by atoms with Crippen LogP contribution in [0.25, 0.3) is 16.8 Å². The summed E-state index contributed by atoms with van der Waals surface area (Å²) in [5.74, 6) is 0.649. The summed E-state index contributed by atoms with van der Waals surface area (Å²) < 4.78 is 42.5. The molecule has 0 radical (unpaired) electrons. The number of rotatable bonds is 2. The molecule has 26 heavy (non-hydrogen) atoms. The lowest BCUT2D eigenvalue weighted by atomic mass is 10.1. The summed E-state index contributed by atoms with van der Waals surface area (Å²) in [6.45, 7) is 3.39. The van der Waals surface area contributed by atoms with Crippen molar-refractivity contribution in [2.75, 3.05) is 18.0 Å². The summed E-state index contributed by atoms with van der Waals surface area (Å²) in [4.78, 5) is 6.44. The number of hydrogen-bond acceptors (Lipinski definition) is 3. The lowest BCUT2D eigenvalue weighted by Gasteiger charge is -2.18. The molecule has 3 aromatic rings. The molecule has 4 rings (SSSR count). The van der Waals surface area contributed by atoms with Crippen LogP contribution in [0.4, 0.5) is 19.0 Å². The quantitative estimate of drug-likeness (QED) is 0.629. The third kappa shape index (κ3) is 2.90. The van der Waals surface area contributed by atoms with Gasteiger partial charge in [0, 0.05) is 29.9 Å². The first-order chi connectivity index (χ1) is 12.3. The summed E-state index contributed by atoms with van der Waals surface area (Å²) in [6.07, 6.45) is -2.56. The van der Waals surface area contributed by atoms with Gasteiger partial charge in [0.2, 0.25) is 0 Å². The molecule has 0 unspecified atom stereocenters. The Morgan fingerprint density at radius 3 is 2.35 bits per heavy atom. The largest absolute Gasteiger partial charge is 0.435 e. The van der Waals surface area contributed by atoms with E-state index in [4.69, 9.17) is 11.6 Å². The predicted molar refractivity (Wildman–Crippen MR) is 94.6 cm³/mol. The standard InChI is InChI=1S/C18H16ClF3N4/c1-11-10-14(25-8-2-3-9-25)26-17(23-11)15(16(24-26)18(20,21)22)12-4-6-13(19)7-5-12/h4-7,10H,2-3,8-9H2,1H3. The number of anilines is 1. The van der Waals surface area contributed by atoms with Gasteiger partial charge in [0.15, 0.2) is 11.3 Å². The Hall–Kier alpha value is -2.28. The van der Waals surface area contributed by atoms with E-state index in [-0.39, 0.29) is 11.2 Å². The van der Waals surface area contributed by atoms with Crippen LogP contribution in [0.2, 0.25) is 5.02 Å². The third-order valence-corrected chi connectivity index (χ3v) is 4.78. The zero-order valence-electron chi connectivity index (χ0n) is 14.0. The normalized spacial score (nSPS) is 15.2. The minimum absolute atomic E-state index is 0.0155. The molecule has 0 amide bonds. The fourth-order valence-electron chi connectivity index (χ4n) is 3.37. The lowest BCUT2D eigenvalue weighted by molar-refractivity contribution is -0.140. The molecule has 0 aliphatic carbocycles. The molecule has 8 heteroatoms. The van der Waals surface area contributed by atoms with Gasteiger partial charge >= 0.3 is 6.18 Å². The van der Waals surface area contributed by atoms with Crippen molar-refractivity contribution in [3.8, 4) is 11.1 Å². The Morgan fingerprint density at radius 2 is 1.73 bits per heavy atom. The molecule has 0 N–H and O–H groups in total. The molecule has 4 nitrogen and oxygen atoms in total. The van der Waals surface area contributed by atoms with Gasteiger partial charge in [-0.25, -0.2) is 4.98 Å². The first kappa shape index (κ1) is 17.1. The molecule has 0 spiro atoms. The number of aryl methyl sites for hydroxylation is 1. The number of fused-ring (bicyclic) bond motifs is 1. The van der Waals surface area contributed by atoms with E-state index in [1.807, 2.05) is 0 Å². The highest BCUT2D eigenvalue weighted by Gasteiger charge is 2.39. The number of nitrogens with zero attached hydrogens (tertiary/aromatic N) is 4. The van der Waals surface area contributed by atoms with E-state index in [9.17, 15) is 13.2 Å². The van der Waals surface area contributed by atoms with Gasteiger partial charge in [-0.2, -0.15) is 22.8 Å². The molecule has 1 saturated heterocycles. The van der Waals surface area contributed by atoms with E-state index >= 15 is 0 Å². The van der Waals surface area contributed by atoms with Crippen molar-refractivity contribution in [2.45, 2.75) is 25.9 Å². The number of aromatic nitrogens is 3. The van der Waals surface area contributed by atoms with Gasteiger partial charge in [0.05, 0.1) is 5.56 Å². The highest BCUT2D eigenvalue weighted by molar-refractivity contribution is 6.30. The van der Waals surface area contributed by atoms with Gasteiger partial charge < -0.3 is 4.90 Å². The summed E-state index contributed by atoms with van der Waals surface area (Å²) in [6, 6.07) is 8.05. The molecule has 1 aliphatic rings. The highest BCUT2D eigenvalue weighted by Crippen LogP contribution is 2.40. The topological polar surface area (TPSA) is 33.4 Å². The molecular formula is C18H16ClF3N4. The van der Waals surface area contributed by atoms with Crippen LogP contribution in [0.5, 0.6) is 0 Å². The zero-order chi connectivity index (χ0) is 18.5. The maximum atomic E-state index is 13.7. The second-order valence-corrected chi connectivity index (χ2v) is 6.85. The predicted octanol–water partition coefficient (Wildman–Crippen LogP) is 4.98. The maximum Gasteiger partial charge on any atom is 0.435 e. The summed E-state index contributed by atoms with van der Waals surface area (Å²) in [5, 5.41) is 4.38. The zero-order valence-corrected chi connectivity index (χ0v) is 14.8. The lowest BCUT2D eigenvalue weighted by Crippen LogP contribution is -2.21. The highest BCUT2D eigenvalue weighted by atomic mass is 35.5. The van der Waals surface area contributed by atoms with E-state index in [0.717, 1.165) is 25.9 Å². The first-order valence-electron chi connectivity index (χ1n) is 8.33. The second-order valence-electron chi connectivity index (χ2n) is 6.41. The number of halogens is 4. The van der Waals surface area contributed by atoms with Crippen LogP contribution in [0, 0.1) is 6.92 Å². The van der Waals surface area contributed by atoms with Crippen LogP contribution in [0.15, 0.2) is 30.3 Å². The minimum atomic E-state index is -4.58. The van der Waals surface area contributed by atoms with Gasteiger partial charge in [0.25, 0.3) is 0 Å². The second kappa shape index (κ2) is 6.16. The van der Waals surface area contributed by atoms with Crippen LogP contribution in [0.1, 0.15) is 24.2 Å². The van der Waals surface area contributed by atoms with Gasteiger partial charge in [-0.05, 0) is 37.5 Å². The smallest absolute Gasteiger partial charge is 0.356 e. The van der Waals surface area contributed by atoms with Crippen molar-refractivity contribution in [1.29, 1.82) is 0 Å². The van der Waals surface area contributed by atoms with Crippen LogP contribution < -0.4 is 4.90 Å². The molecule has 0 bridgehead atoms. The molecule has 0 saturated carbocycles. The van der Waals surface area contributed by atoms with Crippen molar-refractivity contribution in [3.05, 3.63) is 46.7 Å². The fourth-order valence-corrected chi connectivity index (χ4v) is 3.50. The van der Waals surface area contributed by atoms with Gasteiger partial charge in [-0.3, -0.25) is 0 Å². The van der Waals surface area contributed by atoms with E-state index in [1.165, 1.54) is 4.52 Å². The van der Waals surface area contributed by atoms with Crippen molar-refractivity contribution in [1.82, 2.24) is 14.6 Å². The summed E-state index contributed by atoms with van der Waals surface area (Å²) in [5.41, 5.74) is 0.309. The minimum Gasteiger partial charge on any atom is -0.356 e. The van der Waals surface area contributed by atoms with Crippen LogP contribution in [-0.2, 0) is 6.18 Å². The third-order valence-electron chi connectivity index (χ3n) is 4.53. The molecule has 0 atom stereocenters. The Morgan fingerprint density at radius 1 is 1.08 bits per heavy atom. The molecule has 1 fully saturated rings. The Bertz CT molecular complexity index is 957. The van der Waals surface area contributed by atoms with E-state index in [1.54, 1.807) is 37.3 Å². The average molecular weight is 381 g/mol. The molecule has 2 aromatic heterocycles. The molecule has 1 aliphatic heterocycles. The van der Waals surface area contributed by atoms with Gasteiger partial charge in [-0.1, -0.05) is 23.7 Å². The average Bonchev–Trinajstić information content (AvgIpc) is 3.22. The summed E-state index contributed by atoms with van der Waals surface area (Å²) >= 11 is 5.89. The van der Waals surface area contributed by atoms with Gasteiger partial charge in [-0.15, -0.1) is 0 Å². The van der Waals surface area contributed by atoms with Crippen molar-refractivity contribution in [3.63, 3.8) is 0 Å². The maximum absolute atomic E-state index is 13.7. The molecular weight excluding hydrogens is 365 g/mol. The van der Waals surface area contributed by atoms with Crippen LogP contribution in [-0.4, -0.2) is 27.7 Å². The Labute approximate surface area is 153 Å². The Balaban J connectivity index is 2.03. The van der Waals surface area contributed by atoms with Gasteiger partial charge in [0.1, 0.15) is 5.82 Å². The van der Waals surface area contributed by atoms with Crippen molar-refractivity contribution >= 4 is 23.1 Å².